The van der Waals surface area contributed by atoms with E-state index in [9.17, 15) is 4.79 Å². The largest absolute Gasteiger partial charge is 0.496 e. The summed E-state index contributed by atoms with van der Waals surface area (Å²) in [5.41, 5.74) is 1.12. The molecule has 6 heteroatoms. The number of carbonyl (C=O) groups is 1. The third kappa shape index (κ3) is 5.59. The van der Waals surface area contributed by atoms with Gasteiger partial charge in [-0.3, -0.25) is 14.6 Å². The molecule has 150 valence electrons. The minimum absolute atomic E-state index is 0.290. The van der Waals surface area contributed by atoms with Crippen LogP contribution in [0.2, 0.25) is 5.02 Å². The molecule has 0 saturated carbocycles. The van der Waals surface area contributed by atoms with Crippen LogP contribution in [-0.4, -0.2) is 73.5 Å². The number of carbonyl (C=O) groups excluding carboxylic acids is 1. The Labute approximate surface area is 168 Å². The summed E-state index contributed by atoms with van der Waals surface area (Å²) in [6.07, 6.45) is 1.23. The Morgan fingerprint density at radius 2 is 1.74 bits per heavy atom. The molecule has 1 amide bonds. The SMILES string of the molecule is COc1ccc(Cl)cc1CN1CCN(CC(=O)N2CC(C)CC(C)C2)CC1. The molecule has 0 spiro atoms. The Morgan fingerprint density at radius 1 is 1.11 bits per heavy atom. The topological polar surface area (TPSA) is 36.0 Å². The summed E-state index contributed by atoms with van der Waals surface area (Å²) in [5.74, 6) is 2.40. The van der Waals surface area contributed by atoms with E-state index < -0.39 is 0 Å². The van der Waals surface area contributed by atoms with Crippen LogP contribution in [-0.2, 0) is 11.3 Å². The van der Waals surface area contributed by atoms with Gasteiger partial charge >= 0.3 is 0 Å². The number of piperidine rings is 1. The van der Waals surface area contributed by atoms with Crippen LogP contribution < -0.4 is 4.74 Å². The first-order chi connectivity index (χ1) is 12.9. The average Bonchev–Trinajstić information content (AvgIpc) is 2.63. The molecular weight excluding hydrogens is 362 g/mol. The highest BCUT2D eigenvalue weighted by Gasteiger charge is 2.27. The molecule has 2 heterocycles. The van der Waals surface area contributed by atoms with Crippen LogP contribution in [0, 0.1) is 11.8 Å². The summed E-state index contributed by atoms with van der Waals surface area (Å²) in [6, 6.07) is 5.76. The fraction of sp³-hybridized carbons (Fsp3) is 0.667. The number of nitrogens with zero attached hydrogens (tertiary/aromatic N) is 3. The van der Waals surface area contributed by atoms with Crippen LogP contribution in [0.15, 0.2) is 18.2 Å². The Hall–Kier alpha value is -1.30. The minimum atomic E-state index is 0.290. The van der Waals surface area contributed by atoms with E-state index in [0.29, 0.717) is 24.3 Å². The first-order valence-electron chi connectivity index (χ1n) is 9.99. The van der Waals surface area contributed by atoms with Gasteiger partial charge in [0, 0.05) is 56.4 Å². The third-order valence-electron chi connectivity index (χ3n) is 5.68. The van der Waals surface area contributed by atoms with Crippen molar-refractivity contribution in [2.45, 2.75) is 26.8 Å². The molecule has 0 aliphatic carbocycles. The number of likely N-dealkylation sites (tertiary alicyclic amines) is 1. The first kappa shape index (κ1) is 20.4. The predicted molar refractivity (Wildman–Crippen MR) is 109 cm³/mol. The highest BCUT2D eigenvalue weighted by Crippen LogP contribution is 2.25. The number of amides is 1. The van der Waals surface area contributed by atoms with Crippen LogP contribution in [0.1, 0.15) is 25.8 Å². The van der Waals surface area contributed by atoms with Gasteiger partial charge in [0.2, 0.25) is 5.91 Å². The van der Waals surface area contributed by atoms with Gasteiger partial charge in [-0.1, -0.05) is 25.4 Å². The number of hydrogen-bond donors (Lipinski definition) is 0. The predicted octanol–water partition coefficient (Wildman–Crippen LogP) is 2.97. The summed E-state index contributed by atoms with van der Waals surface area (Å²) >= 11 is 6.14. The van der Waals surface area contributed by atoms with Crippen molar-refractivity contribution < 1.29 is 9.53 Å². The number of piperazine rings is 1. The smallest absolute Gasteiger partial charge is 0.236 e. The van der Waals surface area contributed by atoms with Gasteiger partial charge in [-0.15, -0.1) is 0 Å². The Kier molecular flexibility index (Phi) is 7.01. The summed E-state index contributed by atoms with van der Waals surface area (Å²) < 4.78 is 5.45. The number of methoxy groups -OCH3 is 1. The highest BCUT2D eigenvalue weighted by atomic mass is 35.5. The van der Waals surface area contributed by atoms with Gasteiger partial charge in [0.05, 0.1) is 13.7 Å². The molecule has 1 aromatic rings. The van der Waals surface area contributed by atoms with Crippen molar-refractivity contribution in [1.82, 2.24) is 14.7 Å². The van der Waals surface area contributed by atoms with Crippen LogP contribution in [0.25, 0.3) is 0 Å². The lowest BCUT2D eigenvalue weighted by Crippen LogP contribution is -2.51. The van der Waals surface area contributed by atoms with Gasteiger partial charge in [-0.25, -0.2) is 0 Å². The van der Waals surface area contributed by atoms with Crippen molar-refractivity contribution in [2.75, 3.05) is 52.9 Å². The second-order valence-corrected chi connectivity index (χ2v) is 8.69. The van der Waals surface area contributed by atoms with E-state index in [1.54, 1.807) is 7.11 Å². The lowest BCUT2D eigenvalue weighted by atomic mass is 9.92. The van der Waals surface area contributed by atoms with Crippen molar-refractivity contribution in [3.05, 3.63) is 28.8 Å². The molecule has 2 fully saturated rings. The maximum Gasteiger partial charge on any atom is 0.236 e. The van der Waals surface area contributed by atoms with E-state index >= 15 is 0 Å². The molecule has 2 aliphatic heterocycles. The molecular formula is C21H32ClN3O2. The first-order valence-corrected chi connectivity index (χ1v) is 10.4. The maximum absolute atomic E-state index is 12.7. The molecule has 2 saturated heterocycles. The van der Waals surface area contributed by atoms with Gasteiger partial charge in [0.1, 0.15) is 5.75 Å². The van der Waals surface area contributed by atoms with E-state index in [-0.39, 0.29) is 0 Å². The van der Waals surface area contributed by atoms with Crippen LogP contribution in [0.5, 0.6) is 5.75 Å². The number of hydrogen-bond acceptors (Lipinski definition) is 4. The Balaban J connectivity index is 1.48. The second-order valence-electron chi connectivity index (χ2n) is 8.25. The van der Waals surface area contributed by atoms with Gasteiger partial charge in [-0.05, 0) is 36.5 Å². The summed E-state index contributed by atoms with van der Waals surface area (Å²) in [6.45, 7) is 11.5. The minimum Gasteiger partial charge on any atom is -0.496 e. The van der Waals surface area contributed by atoms with Gasteiger partial charge in [0.25, 0.3) is 0 Å². The van der Waals surface area contributed by atoms with Gasteiger partial charge < -0.3 is 9.64 Å². The lowest BCUT2D eigenvalue weighted by molar-refractivity contribution is -0.135. The van der Waals surface area contributed by atoms with Gasteiger partial charge in [-0.2, -0.15) is 0 Å². The van der Waals surface area contributed by atoms with E-state index in [1.165, 1.54) is 6.42 Å². The molecule has 3 rings (SSSR count). The van der Waals surface area contributed by atoms with Crippen molar-refractivity contribution >= 4 is 17.5 Å². The zero-order valence-electron chi connectivity index (χ0n) is 16.8. The molecule has 2 atom stereocenters. The molecule has 1 aromatic carbocycles. The number of benzene rings is 1. The summed E-state index contributed by atoms with van der Waals surface area (Å²) in [7, 11) is 1.69. The molecule has 0 aromatic heterocycles. The van der Waals surface area contributed by atoms with Crippen LogP contribution in [0.4, 0.5) is 0 Å². The number of rotatable bonds is 5. The molecule has 2 aliphatic rings. The summed E-state index contributed by atoms with van der Waals surface area (Å²) in [5, 5.41) is 0.736. The average molecular weight is 394 g/mol. The van der Waals surface area contributed by atoms with E-state index in [1.807, 2.05) is 18.2 Å². The maximum atomic E-state index is 12.7. The van der Waals surface area contributed by atoms with E-state index in [4.69, 9.17) is 16.3 Å². The Bertz CT molecular complexity index is 636. The van der Waals surface area contributed by atoms with E-state index in [2.05, 4.69) is 28.5 Å². The number of ether oxygens (including phenoxy) is 1. The number of halogens is 1. The molecule has 27 heavy (non-hydrogen) atoms. The normalized spacial score (nSPS) is 24.8. The van der Waals surface area contributed by atoms with Crippen LogP contribution >= 0.6 is 11.6 Å². The van der Waals surface area contributed by atoms with E-state index in [0.717, 1.165) is 62.1 Å². The third-order valence-corrected chi connectivity index (χ3v) is 5.92. The molecule has 0 radical (unpaired) electrons. The standard InChI is InChI=1S/C21H32ClN3O2/c1-16-10-17(2)13-25(12-16)21(26)15-24-8-6-23(7-9-24)14-18-11-19(22)4-5-20(18)27-3/h4-5,11,16-17H,6-10,12-15H2,1-3H3. The summed E-state index contributed by atoms with van der Waals surface area (Å²) in [4.78, 5) is 19.5. The van der Waals surface area contributed by atoms with Crippen molar-refractivity contribution in [3.63, 3.8) is 0 Å². The molecule has 0 N–H and O–H groups in total. The second kappa shape index (κ2) is 9.26. The fourth-order valence-electron chi connectivity index (χ4n) is 4.38. The zero-order chi connectivity index (χ0) is 19.4. The Morgan fingerprint density at radius 3 is 2.37 bits per heavy atom. The highest BCUT2D eigenvalue weighted by molar-refractivity contribution is 6.30. The molecule has 2 unspecified atom stereocenters. The fourth-order valence-corrected chi connectivity index (χ4v) is 4.57. The van der Waals surface area contributed by atoms with Gasteiger partial charge in [0.15, 0.2) is 0 Å². The zero-order valence-corrected chi connectivity index (χ0v) is 17.5. The quantitative estimate of drug-likeness (QED) is 0.770. The van der Waals surface area contributed by atoms with Crippen molar-refractivity contribution in [1.29, 1.82) is 0 Å². The molecule has 5 nitrogen and oxygen atoms in total. The molecule has 0 bridgehead atoms. The van der Waals surface area contributed by atoms with Crippen molar-refractivity contribution in [3.8, 4) is 5.75 Å². The van der Waals surface area contributed by atoms with Crippen LogP contribution in [0.3, 0.4) is 0 Å². The monoisotopic (exact) mass is 393 g/mol. The lowest BCUT2D eigenvalue weighted by Gasteiger charge is -2.38. The van der Waals surface area contributed by atoms with Crippen molar-refractivity contribution in [2.24, 2.45) is 11.8 Å².